The summed E-state index contributed by atoms with van der Waals surface area (Å²) in [5.41, 5.74) is -0.850. The van der Waals surface area contributed by atoms with Gasteiger partial charge >= 0.3 is 12.0 Å². The maximum Gasteiger partial charge on any atom is 0.326 e. The van der Waals surface area contributed by atoms with E-state index >= 15 is 0 Å². The SMILES string of the molecule is CC1CCC2(CC1)NC(=O)N(CC(=O)OCCOc1ccccc1Cl)C2=O. The molecule has 0 radical (unpaired) electrons. The number of hydrogen-bond acceptors (Lipinski definition) is 5. The van der Waals surface area contributed by atoms with Crippen molar-refractivity contribution in [2.75, 3.05) is 19.8 Å². The lowest BCUT2D eigenvalue weighted by Crippen LogP contribution is -2.49. The van der Waals surface area contributed by atoms with E-state index in [-0.39, 0.29) is 19.1 Å². The van der Waals surface area contributed by atoms with Crippen LogP contribution in [0.4, 0.5) is 4.79 Å². The number of nitrogens with zero attached hydrogens (tertiary/aromatic N) is 1. The lowest BCUT2D eigenvalue weighted by Gasteiger charge is -2.33. The van der Waals surface area contributed by atoms with Gasteiger partial charge in [0.15, 0.2) is 0 Å². The average Bonchev–Trinajstić information content (AvgIpc) is 2.87. The Bertz CT molecular complexity index is 731. The van der Waals surface area contributed by atoms with Gasteiger partial charge in [0, 0.05) is 0 Å². The van der Waals surface area contributed by atoms with Crippen LogP contribution in [-0.2, 0) is 14.3 Å². The van der Waals surface area contributed by atoms with E-state index in [1.165, 1.54) is 0 Å². The van der Waals surface area contributed by atoms with Crippen molar-refractivity contribution >= 4 is 29.5 Å². The summed E-state index contributed by atoms with van der Waals surface area (Å²) in [7, 11) is 0. The van der Waals surface area contributed by atoms with Crippen molar-refractivity contribution in [2.24, 2.45) is 5.92 Å². The molecular weight excluding hydrogens is 372 g/mol. The fourth-order valence-corrected chi connectivity index (χ4v) is 3.65. The normalized spacial score (nSPS) is 24.8. The molecule has 1 aliphatic heterocycles. The van der Waals surface area contributed by atoms with Gasteiger partial charge in [0.05, 0.1) is 5.02 Å². The summed E-state index contributed by atoms with van der Waals surface area (Å²) in [5, 5.41) is 3.25. The van der Waals surface area contributed by atoms with Crippen molar-refractivity contribution in [3.8, 4) is 5.75 Å². The average molecular weight is 395 g/mol. The molecule has 1 aromatic carbocycles. The molecule has 1 heterocycles. The number of benzene rings is 1. The van der Waals surface area contributed by atoms with Gasteiger partial charge in [-0.2, -0.15) is 0 Å². The van der Waals surface area contributed by atoms with Gasteiger partial charge in [-0.1, -0.05) is 30.7 Å². The highest BCUT2D eigenvalue weighted by atomic mass is 35.5. The third-order valence-electron chi connectivity index (χ3n) is 5.10. The summed E-state index contributed by atoms with van der Waals surface area (Å²) >= 11 is 5.97. The molecule has 1 spiro atoms. The summed E-state index contributed by atoms with van der Waals surface area (Å²) in [6.45, 7) is 1.86. The third kappa shape index (κ3) is 4.35. The van der Waals surface area contributed by atoms with Gasteiger partial charge in [0.2, 0.25) is 0 Å². The molecular formula is C19H23ClN2O5. The molecule has 1 aliphatic carbocycles. The second-order valence-corrected chi connectivity index (χ2v) is 7.49. The lowest BCUT2D eigenvalue weighted by atomic mass is 9.77. The lowest BCUT2D eigenvalue weighted by molar-refractivity contribution is -0.148. The quantitative estimate of drug-likeness (QED) is 0.455. The Kier molecular flexibility index (Phi) is 5.89. The van der Waals surface area contributed by atoms with Crippen LogP contribution in [0.2, 0.25) is 5.02 Å². The van der Waals surface area contributed by atoms with Crippen LogP contribution in [0.1, 0.15) is 32.6 Å². The predicted octanol–water partition coefficient (Wildman–Crippen LogP) is 2.76. The predicted molar refractivity (Wildman–Crippen MR) is 98.5 cm³/mol. The van der Waals surface area contributed by atoms with Crippen LogP contribution in [0.3, 0.4) is 0 Å². The summed E-state index contributed by atoms with van der Waals surface area (Å²) in [5.74, 6) is 0.0568. The second kappa shape index (κ2) is 8.17. The molecule has 3 amide bonds. The van der Waals surface area contributed by atoms with Crippen molar-refractivity contribution in [2.45, 2.75) is 38.1 Å². The number of amides is 3. The van der Waals surface area contributed by atoms with E-state index in [1.54, 1.807) is 24.3 Å². The molecule has 3 rings (SSSR count). The maximum absolute atomic E-state index is 12.7. The van der Waals surface area contributed by atoms with Gasteiger partial charge in [-0.05, 0) is 43.7 Å². The fraction of sp³-hybridized carbons (Fsp3) is 0.526. The summed E-state index contributed by atoms with van der Waals surface area (Å²) in [6.07, 6.45) is 2.97. The van der Waals surface area contributed by atoms with E-state index < -0.39 is 24.1 Å². The first-order chi connectivity index (χ1) is 12.9. The smallest absolute Gasteiger partial charge is 0.326 e. The van der Waals surface area contributed by atoms with Crippen LogP contribution >= 0.6 is 11.6 Å². The number of nitrogens with one attached hydrogen (secondary N) is 1. The molecule has 27 heavy (non-hydrogen) atoms. The molecule has 2 aliphatic rings. The number of imide groups is 1. The molecule has 1 aromatic rings. The van der Waals surface area contributed by atoms with Gasteiger partial charge in [0.1, 0.15) is 31.0 Å². The Morgan fingerprint density at radius 1 is 1.26 bits per heavy atom. The van der Waals surface area contributed by atoms with Crippen molar-refractivity contribution < 1.29 is 23.9 Å². The molecule has 146 valence electrons. The van der Waals surface area contributed by atoms with E-state index in [2.05, 4.69) is 12.2 Å². The van der Waals surface area contributed by atoms with Gasteiger partial charge < -0.3 is 14.8 Å². The Hall–Kier alpha value is -2.28. The molecule has 7 nitrogen and oxygen atoms in total. The molecule has 2 fully saturated rings. The Morgan fingerprint density at radius 3 is 2.67 bits per heavy atom. The number of esters is 1. The molecule has 1 saturated heterocycles. The van der Waals surface area contributed by atoms with E-state index in [4.69, 9.17) is 21.1 Å². The summed E-state index contributed by atoms with van der Waals surface area (Å²) in [4.78, 5) is 37.8. The van der Waals surface area contributed by atoms with E-state index in [0.29, 0.717) is 29.5 Å². The molecule has 0 aromatic heterocycles. The molecule has 1 saturated carbocycles. The number of urea groups is 1. The van der Waals surface area contributed by atoms with Gasteiger partial charge in [-0.25, -0.2) is 4.79 Å². The first-order valence-electron chi connectivity index (χ1n) is 9.08. The Labute approximate surface area is 162 Å². The van der Waals surface area contributed by atoms with Crippen LogP contribution in [-0.4, -0.2) is 48.1 Å². The van der Waals surface area contributed by atoms with Crippen molar-refractivity contribution in [3.63, 3.8) is 0 Å². The highest BCUT2D eigenvalue weighted by Gasteiger charge is 2.52. The fourth-order valence-electron chi connectivity index (χ4n) is 3.46. The zero-order chi connectivity index (χ0) is 19.4. The Morgan fingerprint density at radius 2 is 1.96 bits per heavy atom. The zero-order valence-electron chi connectivity index (χ0n) is 15.2. The number of para-hydroxylation sites is 1. The number of carbonyl (C=O) groups is 3. The zero-order valence-corrected chi connectivity index (χ0v) is 16.0. The van der Waals surface area contributed by atoms with Crippen LogP contribution < -0.4 is 10.1 Å². The van der Waals surface area contributed by atoms with Gasteiger partial charge in [-0.3, -0.25) is 14.5 Å². The van der Waals surface area contributed by atoms with Gasteiger partial charge in [-0.15, -0.1) is 0 Å². The molecule has 0 bridgehead atoms. The highest BCUT2D eigenvalue weighted by Crippen LogP contribution is 2.36. The first kappa shape index (κ1) is 19.5. The highest BCUT2D eigenvalue weighted by molar-refractivity contribution is 6.32. The monoisotopic (exact) mass is 394 g/mol. The minimum Gasteiger partial charge on any atom is -0.488 e. The van der Waals surface area contributed by atoms with Crippen LogP contribution in [0.5, 0.6) is 5.75 Å². The topological polar surface area (TPSA) is 84.9 Å². The van der Waals surface area contributed by atoms with E-state index in [1.807, 2.05) is 0 Å². The molecule has 0 unspecified atom stereocenters. The van der Waals surface area contributed by atoms with E-state index in [9.17, 15) is 14.4 Å². The second-order valence-electron chi connectivity index (χ2n) is 7.09. The number of carbonyl (C=O) groups excluding carboxylic acids is 3. The number of hydrogen-bond donors (Lipinski definition) is 1. The van der Waals surface area contributed by atoms with E-state index in [0.717, 1.165) is 17.7 Å². The minimum absolute atomic E-state index is 0.00361. The molecule has 1 N–H and O–H groups in total. The maximum atomic E-state index is 12.7. The standard InChI is InChI=1S/C19H23ClN2O5/c1-13-6-8-19(9-7-13)17(24)22(18(25)21-19)12-16(23)27-11-10-26-15-5-3-2-4-14(15)20/h2-5,13H,6-12H2,1H3,(H,21,25). The first-order valence-corrected chi connectivity index (χ1v) is 9.46. The Balaban J connectivity index is 1.46. The van der Waals surface area contributed by atoms with Crippen LogP contribution in [0, 0.1) is 5.92 Å². The molecule has 0 atom stereocenters. The number of rotatable bonds is 6. The van der Waals surface area contributed by atoms with Crippen molar-refractivity contribution in [3.05, 3.63) is 29.3 Å². The number of ether oxygens (including phenoxy) is 2. The van der Waals surface area contributed by atoms with Crippen LogP contribution in [0.15, 0.2) is 24.3 Å². The number of halogens is 1. The largest absolute Gasteiger partial charge is 0.488 e. The van der Waals surface area contributed by atoms with Gasteiger partial charge in [0.25, 0.3) is 5.91 Å². The summed E-state index contributed by atoms with van der Waals surface area (Å²) in [6, 6.07) is 6.45. The third-order valence-corrected chi connectivity index (χ3v) is 5.41. The van der Waals surface area contributed by atoms with Crippen molar-refractivity contribution in [1.29, 1.82) is 0 Å². The molecule has 8 heteroatoms. The summed E-state index contributed by atoms with van der Waals surface area (Å²) < 4.78 is 10.5. The minimum atomic E-state index is -0.850. The van der Waals surface area contributed by atoms with Crippen molar-refractivity contribution in [1.82, 2.24) is 10.2 Å². The van der Waals surface area contributed by atoms with Crippen LogP contribution in [0.25, 0.3) is 0 Å².